The van der Waals surface area contributed by atoms with Crippen LogP contribution in [0.25, 0.3) is 0 Å². The molecule has 3 heteroatoms. The van der Waals surface area contributed by atoms with E-state index in [1.807, 2.05) is 0 Å². The molecule has 1 aromatic heterocycles. The predicted molar refractivity (Wildman–Crippen MR) is 77.6 cm³/mol. The van der Waals surface area contributed by atoms with Crippen molar-refractivity contribution in [2.75, 3.05) is 0 Å². The van der Waals surface area contributed by atoms with Crippen LogP contribution in [-0.2, 0) is 12.8 Å². The molecular weight excluding hydrogens is 248 g/mol. The molecule has 1 saturated carbocycles. The van der Waals surface area contributed by atoms with Gasteiger partial charge in [0.15, 0.2) is 11.4 Å². The molecule has 2 aliphatic rings. The van der Waals surface area contributed by atoms with Gasteiger partial charge >= 0.3 is 0 Å². The van der Waals surface area contributed by atoms with Gasteiger partial charge in [-0.05, 0) is 55.6 Å². The van der Waals surface area contributed by atoms with Crippen LogP contribution in [0.15, 0.2) is 6.07 Å². The van der Waals surface area contributed by atoms with Crippen molar-refractivity contribution in [3.05, 3.63) is 23.0 Å². The molecule has 20 heavy (non-hydrogen) atoms. The summed E-state index contributed by atoms with van der Waals surface area (Å²) >= 11 is 0. The smallest absolute Gasteiger partial charge is 0.183 e. The number of aromatic nitrogens is 1. The molecule has 0 bridgehead atoms. The number of fused-ring (bicyclic) bond motifs is 1. The summed E-state index contributed by atoms with van der Waals surface area (Å²) in [5.74, 6) is 0.760. The zero-order valence-corrected chi connectivity index (χ0v) is 12.6. The number of aryl methyl sites for hydroxylation is 1. The van der Waals surface area contributed by atoms with Crippen molar-refractivity contribution in [1.82, 2.24) is 4.98 Å². The summed E-state index contributed by atoms with van der Waals surface area (Å²) in [6, 6.07) is 4.38. The first-order chi connectivity index (χ1) is 9.41. The molecule has 2 heterocycles. The van der Waals surface area contributed by atoms with Crippen molar-refractivity contribution in [3.63, 3.8) is 0 Å². The maximum Gasteiger partial charge on any atom is 0.183 e. The summed E-state index contributed by atoms with van der Waals surface area (Å²) in [4.78, 5) is 4.53. The fourth-order valence-electron chi connectivity index (χ4n) is 3.21. The van der Waals surface area contributed by atoms with Crippen molar-refractivity contribution in [3.8, 4) is 11.8 Å². The van der Waals surface area contributed by atoms with E-state index in [1.165, 1.54) is 12.0 Å². The number of rotatable bonds is 1. The average Bonchev–Trinajstić information content (AvgIpc) is 2.33. The van der Waals surface area contributed by atoms with Gasteiger partial charge in [-0.1, -0.05) is 20.8 Å². The van der Waals surface area contributed by atoms with Gasteiger partial charge in [0.05, 0.1) is 0 Å². The van der Waals surface area contributed by atoms with E-state index in [1.54, 1.807) is 0 Å². The molecule has 106 valence electrons. The molecule has 1 spiro atoms. The Labute approximate surface area is 121 Å². The van der Waals surface area contributed by atoms with Gasteiger partial charge in [0.1, 0.15) is 11.7 Å². The Kier molecular flexibility index (Phi) is 3.01. The van der Waals surface area contributed by atoms with Gasteiger partial charge in [0.25, 0.3) is 0 Å². The van der Waals surface area contributed by atoms with Crippen molar-refractivity contribution in [2.24, 2.45) is 5.41 Å². The quantitative estimate of drug-likeness (QED) is 0.780. The molecule has 0 N–H and O–H groups in total. The first-order valence-electron chi connectivity index (χ1n) is 7.53. The van der Waals surface area contributed by atoms with Crippen LogP contribution < -0.4 is 4.74 Å². The Hall–Kier alpha value is -1.56. The molecule has 3 nitrogen and oxygen atoms in total. The predicted octanol–water partition coefficient (Wildman–Crippen LogP) is 3.79. The average molecular weight is 270 g/mol. The molecule has 0 aromatic carbocycles. The normalized spacial score (nSPS) is 19.7. The third-order valence-corrected chi connectivity index (χ3v) is 4.35. The third-order valence-electron chi connectivity index (χ3n) is 4.35. The third kappa shape index (κ3) is 2.40. The van der Waals surface area contributed by atoms with E-state index >= 15 is 0 Å². The molecular formula is C17H22N2O. The minimum atomic E-state index is 0.0197. The molecule has 1 aliphatic heterocycles. The number of hydrogen-bond donors (Lipinski definition) is 0. The highest BCUT2D eigenvalue weighted by Gasteiger charge is 2.43. The largest absolute Gasteiger partial charge is 0.484 e. The van der Waals surface area contributed by atoms with Crippen LogP contribution >= 0.6 is 0 Å². The van der Waals surface area contributed by atoms with Crippen LogP contribution in [-0.4, -0.2) is 10.6 Å². The van der Waals surface area contributed by atoms with Crippen LogP contribution in [0.1, 0.15) is 63.4 Å². The molecule has 0 unspecified atom stereocenters. The first-order valence-corrected chi connectivity index (χ1v) is 7.53. The van der Waals surface area contributed by atoms with Crippen LogP contribution in [0.2, 0.25) is 0 Å². The fraction of sp³-hybridized carbons (Fsp3) is 0.647. The van der Waals surface area contributed by atoms with Gasteiger partial charge in [-0.3, -0.25) is 0 Å². The van der Waals surface area contributed by atoms with Gasteiger partial charge in [-0.2, -0.15) is 5.26 Å². The standard InChI is InChI=1S/C17H22N2O/c1-16(2,3)10-13-9-12-5-8-17(6-4-7-17)20-15(12)14(11-18)19-13/h9H,4-8,10H2,1-3H3. The SMILES string of the molecule is CC(C)(C)Cc1cc2c(c(C#N)n1)OC1(CCC1)CC2. The lowest BCUT2D eigenvalue weighted by molar-refractivity contribution is -0.0256. The summed E-state index contributed by atoms with van der Waals surface area (Å²) in [5.41, 5.74) is 2.87. The van der Waals surface area contributed by atoms with Crippen molar-refractivity contribution >= 4 is 0 Å². The van der Waals surface area contributed by atoms with E-state index in [9.17, 15) is 5.26 Å². The number of nitriles is 1. The van der Waals surface area contributed by atoms with Gasteiger partial charge in [0, 0.05) is 5.69 Å². The maximum absolute atomic E-state index is 9.38. The van der Waals surface area contributed by atoms with E-state index in [0.29, 0.717) is 5.69 Å². The summed E-state index contributed by atoms with van der Waals surface area (Å²) in [7, 11) is 0. The minimum Gasteiger partial charge on any atom is -0.484 e. The summed E-state index contributed by atoms with van der Waals surface area (Å²) in [5, 5.41) is 9.38. The van der Waals surface area contributed by atoms with E-state index in [2.05, 4.69) is 37.9 Å². The second kappa shape index (κ2) is 4.48. The number of hydrogen-bond acceptors (Lipinski definition) is 3. The van der Waals surface area contributed by atoms with Crippen LogP contribution in [0.3, 0.4) is 0 Å². The lowest BCUT2D eigenvalue weighted by Crippen LogP contribution is -2.46. The van der Waals surface area contributed by atoms with Gasteiger partial charge in [0.2, 0.25) is 0 Å². The van der Waals surface area contributed by atoms with Crippen molar-refractivity contribution in [1.29, 1.82) is 5.26 Å². The summed E-state index contributed by atoms with van der Waals surface area (Å²) in [6.45, 7) is 6.58. The van der Waals surface area contributed by atoms with Gasteiger partial charge in [-0.15, -0.1) is 0 Å². The second-order valence-electron chi connectivity index (χ2n) is 7.44. The highest BCUT2D eigenvalue weighted by Crippen LogP contribution is 2.46. The summed E-state index contributed by atoms with van der Waals surface area (Å²) in [6.07, 6.45) is 6.49. The monoisotopic (exact) mass is 270 g/mol. The van der Waals surface area contributed by atoms with E-state index in [0.717, 1.165) is 43.5 Å². The Morgan fingerprint density at radius 2 is 2.10 bits per heavy atom. The highest BCUT2D eigenvalue weighted by atomic mass is 16.5. The maximum atomic E-state index is 9.38. The van der Waals surface area contributed by atoms with E-state index in [-0.39, 0.29) is 11.0 Å². The minimum absolute atomic E-state index is 0.0197. The van der Waals surface area contributed by atoms with Crippen LogP contribution in [0, 0.1) is 16.7 Å². The van der Waals surface area contributed by atoms with Gasteiger partial charge < -0.3 is 4.74 Å². The molecule has 0 amide bonds. The molecule has 0 atom stereocenters. The van der Waals surface area contributed by atoms with Crippen LogP contribution in [0.5, 0.6) is 5.75 Å². The number of ether oxygens (including phenoxy) is 1. The van der Waals surface area contributed by atoms with E-state index < -0.39 is 0 Å². The van der Waals surface area contributed by atoms with Crippen molar-refractivity contribution < 1.29 is 4.74 Å². The molecule has 0 radical (unpaired) electrons. The molecule has 1 aliphatic carbocycles. The van der Waals surface area contributed by atoms with E-state index in [4.69, 9.17) is 4.74 Å². The summed E-state index contributed by atoms with van der Waals surface area (Å²) < 4.78 is 6.18. The van der Waals surface area contributed by atoms with Gasteiger partial charge in [-0.25, -0.2) is 4.98 Å². The Morgan fingerprint density at radius 3 is 2.65 bits per heavy atom. The number of pyridine rings is 1. The first kappa shape index (κ1) is 13.4. The second-order valence-corrected chi connectivity index (χ2v) is 7.44. The topological polar surface area (TPSA) is 45.9 Å². The lowest BCUT2D eigenvalue weighted by Gasteiger charge is -2.45. The fourth-order valence-corrected chi connectivity index (χ4v) is 3.21. The zero-order valence-electron chi connectivity index (χ0n) is 12.6. The Balaban J connectivity index is 1.96. The Morgan fingerprint density at radius 1 is 1.35 bits per heavy atom. The zero-order chi connectivity index (χ0) is 14.4. The number of nitrogens with zero attached hydrogens (tertiary/aromatic N) is 2. The molecule has 0 saturated heterocycles. The Bertz CT molecular complexity index is 574. The van der Waals surface area contributed by atoms with Crippen LogP contribution in [0.4, 0.5) is 0 Å². The lowest BCUT2D eigenvalue weighted by atomic mass is 9.74. The highest BCUT2D eigenvalue weighted by molar-refractivity contribution is 5.47. The van der Waals surface area contributed by atoms with Crippen molar-refractivity contribution in [2.45, 2.75) is 64.9 Å². The molecule has 3 rings (SSSR count). The molecule has 1 aromatic rings. The molecule has 1 fully saturated rings.